The van der Waals surface area contributed by atoms with Crippen molar-refractivity contribution in [2.45, 2.75) is 0 Å². The molecule has 0 radical (unpaired) electrons. The van der Waals surface area contributed by atoms with E-state index in [1.165, 1.54) is 10.4 Å². The molecule has 17 heavy (non-hydrogen) atoms. The van der Waals surface area contributed by atoms with Crippen LogP contribution in [0.5, 0.6) is 0 Å². The number of nitrogens with two attached hydrogens (primary N) is 2. The zero-order valence-corrected chi connectivity index (χ0v) is 9.89. The molecule has 0 bridgehead atoms. The van der Waals surface area contributed by atoms with Gasteiger partial charge in [-0.05, 0) is 17.7 Å². The largest absolute Gasteiger partial charge is 0.369 e. The fourth-order valence-corrected chi connectivity index (χ4v) is 2.21. The fraction of sp³-hybridized carbons (Fsp3) is 0. The number of rotatable bonds is 3. The molecular weight excluding hydrogens is 232 g/mol. The summed E-state index contributed by atoms with van der Waals surface area (Å²) in [6.45, 7) is 0. The SMILES string of the molecule is NC(N)=N/N=C/c1ccc(-c2ccccc2)s1. The molecule has 5 heteroatoms. The Morgan fingerprint density at radius 2 is 1.82 bits per heavy atom. The number of hydrogen-bond donors (Lipinski definition) is 2. The van der Waals surface area contributed by atoms with Crippen LogP contribution in [0.3, 0.4) is 0 Å². The number of guanidine groups is 1. The van der Waals surface area contributed by atoms with Gasteiger partial charge in [0.1, 0.15) is 0 Å². The zero-order chi connectivity index (χ0) is 12.1. The number of benzene rings is 1. The maximum Gasteiger partial charge on any atom is 0.211 e. The van der Waals surface area contributed by atoms with Crippen LogP contribution in [-0.2, 0) is 0 Å². The molecule has 0 fully saturated rings. The summed E-state index contributed by atoms with van der Waals surface area (Å²) in [5, 5.41) is 7.32. The first-order valence-electron chi connectivity index (χ1n) is 5.03. The van der Waals surface area contributed by atoms with Crippen molar-refractivity contribution in [2.24, 2.45) is 21.7 Å². The Hall–Kier alpha value is -2.14. The van der Waals surface area contributed by atoms with Crippen LogP contribution < -0.4 is 11.5 Å². The van der Waals surface area contributed by atoms with Gasteiger partial charge in [-0.15, -0.1) is 16.4 Å². The monoisotopic (exact) mass is 244 g/mol. The molecule has 2 aromatic rings. The lowest BCUT2D eigenvalue weighted by molar-refractivity contribution is 1.22. The van der Waals surface area contributed by atoms with Crippen molar-refractivity contribution in [3.05, 3.63) is 47.3 Å². The summed E-state index contributed by atoms with van der Waals surface area (Å²) in [6.07, 6.45) is 1.64. The van der Waals surface area contributed by atoms with Gasteiger partial charge in [0.15, 0.2) is 0 Å². The predicted octanol–water partition coefficient (Wildman–Crippen LogP) is 2.02. The molecule has 4 nitrogen and oxygen atoms in total. The Balaban J connectivity index is 2.17. The molecule has 0 aliphatic heterocycles. The molecule has 0 saturated heterocycles. The standard InChI is InChI=1S/C12H12N4S/c13-12(14)16-15-8-10-6-7-11(17-10)9-4-2-1-3-5-9/h1-8H,(H4,13,14,16)/b15-8+. The summed E-state index contributed by atoms with van der Waals surface area (Å²) in [4.78, 5) is 2.20. The van der Waals surface area contributed by atoms with Crippen LogP contribution in [0.4, 0.5) is 0 Å². The van der Waals surface area contributed by atoms with Crippen LogP contribution in [0.25, 0.3) is 10.4 Å². The van der Waals surface area contributed by atoms with Crippen LogP contribution in [0.15, 0.2) is 52.7 Å². The van der Waals surface area contributed by atoms with E-state index in [1.54, 1.807) is 17.6 Å². The van der Waals surface area contributed by atoms with Crippen LogP contribution in [0.2, 0.25) is 0 Å². The molecule has 0 saturated carbocycles. The van der Waals surface area contributed by atoms with E-state index in [0.29, 0.717) is 0 Å². The summed E-state index contributed by atoms with van der Waals surface area (Å²) in [6, 6.07) is 14.2. The molecule has 0 aliphatic carbocycles. The van der Waals surface area contributed by atoms with Crippen molar-refractivity contribution < 1.29 is 0 Å². The lowest BCUT2D eigenvalue weighted by atomic mass is 10.2. The highest BCUT2D eigenvalue weighted by Crippen LogP contribution is 2.26. The van der Waals surface area contributed by atoms with E-state index in [4.69, 9.17) is 11.5 Å². The van der Waals surface area contributed by atoms with Crippen molar-refractivity contribution in [3.63, 3.8) is 0 Å². The summed E-state index contributed by atoms with van der Waals surface area (Å²) in [5.74, 6) is -0.0407. The third-order valence-corrected chi connectivity index (χ3v) is 3.11. The van der Waals surface area contributed by atoms with Crippen molar-refractivity contribution >= 4 is 23.5 Å². The van der Waals surface area contributed by atoms with Gasteiger partial charge in [-0.25, -0.2) is 0 Å². The van der Waals surface area contributed by atoms with Gasteiger partial charge in [-0.1, -0.05) is 30.3 Å². The van der Waals surface area contributed by atoms with Crippen molar-refractivity contribution in [1.29, 1.82) is 0 Å². The molecule has 2 rings (SSSR count). The maximum atomic E-state index is 5.17. The minimum absolute atomic E-state index is 0.0407. The highest BCUT2D eigenvalue weighted by atomic mass is 32.1. The fourth-order valence-electron chi connectivity index (χ4n) is 1.33. The Kier molecular flexibility index (Phi) is 3.52. The third kappa shape index (κ3) is 3.15. The van der Waals surface area contributed by atoms with Crippen LogP contribution in [0, 0.1) is 0 Å². The molecule has 86 valence electrons. The second-order valence-corrected chi connectivity index (χ2v) is 4.45. The molecule has 0 amide bonds. The minimum Gasteiger partial charge on any atom is -0.369 e. The topological polar surface area (TPSA) is 76.8 Å². The molecule has 1 aromatic heterocycles. The highest BCUT2D eigenvalue weighted by Gasteiger charge is 2.00. The molecule has 4 N–H and O–H groups in total. The molecule has 1 aromatic carbocycles. The molecule has 0 spiro atoms. The van der Waals surface area contributed by atoms with Crippen molar-refractivity contribution in [2.75, 3.05) is 0 Å². The first kappa shape index (κ1) is 11.3. The first-order valence-corrected chi connectivity index (χ1v) is 5.84. The number of nitrogens with zero attached hydrogens (tertiary/aromatic N) is 2. The second-order valence-electron chi connectivity index (χ2n) is 3.34. The molecule has 0 atom stereocenters. The second kappa shape index (κ2) is 5.27. The van der Waals surface area contributed by atoms with Crippen LogP contribution in [0.1, 0.15) is 4.88 Å². The van der Waals surface area contributed by atoms with E-state index in [-0.39, 0.29) is 5.96 Å². The van der Waals surface area contributed by atoms with Gasteiger partial charge in [0.05, 0.1) is 6.21 Å². The van der Waals surface area contributed by atoms with E-state index >= 15 is 0 Å². The Morgan fingerprint density at radius 3 is 2.53 bits per heavy atom. The average Bonchev–Trinajstić information content (AvgIpc) is 2.78. The van der Waals surface area contributed by atoms with E-state index in [0.717, 1.165) is 4.88 Å². The van der Waals surface area contributed by atoms with Gasteiger partial charge in [-0.3, -0.25) is 0 Å². The van der Waals surface area contributed by atoms with Crippen LogP contribution in [-0.4, -0.2) is 12.2 Å². The Morgan fingerprint density at radius 1 is 1.06 bits per heavy atom. The van der Waals surface area contributed by atoms with E-state index < -0.39 is 0 Å². The summed E-state index contributed by atoms with van der Waals surface area (Å²) in [7, 11) is 0. The van der Waals surface area contributed by atoms with Gasteiger partial charge in [0, 0.05) is 9.75 Å². The van der Waals surface area contributed by atoms with Gasteiger partial charge < -0.3 is 11.5 Å². The third-order valence-electron chi connectivity index (χ3n) is 2.04. The number of hydrogen-bond acceptors (Lipinski definition) is 3. The zero-order valence-electron chi connectivity index (χ0n) is 9.08. The van der Waals surface area contributed by atoms with E-state index in [9.17, 15) is 0 Å². The van der Waals surface area contributed by atoms with Crippen LogP contribution >= 0.6 is 11.3 Å². The smallest absolute Gasteiger partial charge is 0.211 e. The van der Waals surface area contributed by atoms with Gasteiger partial charge in [-0.2, -0.15) is 5.10 Å². The summed E-state index contributed by atoms with van der Waals surface area (Å²) in [5.41, 5.74) is 11.5. The van der Waals surface area contributed by atoms with Gasteiger partial charge in [0.2, 0.25) is 5.96 Å². The van der Waals surface area contributed by atoms with Crippen molar-refractivity contribution in [1.82, 2.24) is 0 Å². The summed E-state index contributed by atoms with van der Waals surface area (Å²) >= 11 is 1.64. The van der Waals surface area contributed by atoms with Gasteiger partial charge in [0.25, 0.3) is 0 Å². The predicted molar refractivity (Wildman–Crippen MR) is 73.2 cm³/mol. The summed E-state index contributed by atoms with van der Waals surface area (Å²) < 4.78 is 0. The lowest BCUT2D eigenvalue weighted by Crippen LogP contribution is -2.21. The average molecular weight is 244 g/mol. The minimum atomic E-state index is -0.0407. The molecular formula is C12H12N4S. The quantitative estimate of drug-likeness (QED) is 0.492. The Labute approximate surface area is 103 Å². The Bertz CT molecular complexity index is 539. The van der Waals surface area contributed by atoms with Crippen molar-refractivity contribution in [3.8, 4) is 10.4 Å². The lowest BCUT2D eigenvalue weighted by Gasteiger charge is -1.93. The normalized spacial score (nSPS) is 10.6. The molecule has 0 aliphatic rings. The van der Waals surface area contributed by atoms with E-state index in [1.807, 2.05) is 24.3 Å². The number of thiophene rings is 1. The first-order chi connectivity index (χ1) is 8.25. The maximum absolute atomic E-state index is 5.17. The highest BCUT2D eigenvalue weighted by molar-refractivity contribution is 7.17. The van der Waals surface area contributed by atoms with Gasteiger partial charge >= 0.3 is 0 Å². The molecule has 1 heterocycles. The van der Waals surface area contributed by atoms with E-state index in [2.05, 4.69) is 28.4 Å². The molecule has 0 unspecified atom stereocenters.